The number of unbranched alkanes of at least 4 members (excludes halogenated alkanes) is 3. The van der Waals surface area contributed by atoms with E-state index in [4.69, 9.17) is 9.47 Å². The quantitative estimate of drug-likeness (QED) is 0.225. The molecular formula is C32H39F3O2. The Balaban J connectivity index is 1.86. The van der Waals surface area contributed by atoms with E-state index in [0.29, 0.717) is 18.6 Å². The lowest BCUT2D eigenvalue weighted by Gasteiger charge is -2.23. The molecule has 3 aromatic carbocycles. The summed E-state index contributed by atoms with van der Waals surface area (Å²) < 4.78 is 56.1. The van der Waals surface area contributed by atoms with Crippen LogP contribution in [-0.4, -0.2) is 6.61 Å². The summed E-state index contributed by atoms with van der Waals surface area (Å²) in [6.07, 6.45) is 2.13. The van der Waals surface area contributed by atoms with Crippen LogP contribution in [0, 0.1) is 33.5 Å². The largest absolute Gasteiger partial charge is 0.493 e. The Bertz CT molecular complexity index is 1220. The highest BCUT2D eigenvalue weighted by molar-refractivity contribution is 5.74. The van der Waals surface area contributed by atoms with Crippen molar-refractivity contribution in [3.8, 4) is 22.6 Å². The zero-order chi connectivity index (χ0) is 27.2. The van der Waals surface area contributed by atoms with E-state index in [-0.39, 0.29) is 5.56 Å². The molecule has 0 saturated heterocycles. The predicted molar refractivity (Wildman–Crippen MR) is 145 cm³/mol. The van der Waals surface area contributed by atoms with Gasteiger partial charge < -0.3 is 9.47 Å². The number of alkyl halides is 2. The van der Waals surface area contributed by atoms with Crippen LogP contribution in [0.1, 0.15) is 79.3 Å². The lowest BCUT2D eigenvalue weighted by molar-refractivity contribution is -0.187. The number of ether oxygens (including phenoxy) is 2. The Labute approximate surface area is 219 Å². The smallest absolute Gasteiger partial charge is 0.427 e. The van der Waals surface area contributed by atoms with Crippen LogP contribution in [0.2, 0.25) is 0 Å². The van der Waals surface area contributed by atoms with Crippen LogP contribution < -0.4 is 9.47 Å². The summed E-state index contributed by atoms with van der Waals surface area (Å²) in [6.45, 7) is 12.4. The maximum Gasteiger partial charge on any atom is 0.427 e. The van der Waals surface area contributed by atoms with Crippen molar-refractivity contribution < 1.29 is 22.6 Å². The second-order valence-corrected chi connectivity index (χ2v) is 9.81. The van der Waals surface area contributed by atoms with Crippen molar-refractivity contribution in [3.05, 3.63) is 81.7 Å². The van der Waals surface area contributed by atoms with Gasteiger partial charge in [-0.2, -0.15) is 8.78 Å². The van der Waals surface area contributed by atoms with Crippen LogP contribution in [0.25, 0.3) is 11.1 Å². The fourth-order valence-corrected chi connectivity index (χ4v) is 4.55. The van der Waals surface area contributed by atoms with Gasteiger partial charge in [-0.1, -0.05) is 51.3 Å². The molecule has 0 spiro atoms. The van der Waals surface area contributed by atoms with Gasteiger partial charge in [0.15, 0.2) is 11.6 Å². The maximum absolute atomic E-state index is 15.3. The normalized spacial score (nSPS) is 11.6. The fraction of sp³-hybridized carbons (Fsp3) is 0.438. The van der Waals surface area contributed by atoms with Crippen LogP contribution in [-0.2, 0) is 12.5 Å². The molecule has 5 heteroatoms. The van der Waals surface area contributed by atoms with Crippen molar-refractivity contribution in [2.45, 2.75) is 86.2 Å². The fourth-order valence-electron chi connectivity index (χ4n) is 4.55. The van der Waals surface area contributed by atoms with Gasteiger partial charge in [-0.25, -0.2) is 4.39 Å². The highest BCUT2D eigenvalue weighted by atomic mass is 19.3. The van der Waals surface area contributed by atoms with Crippen LogP contribution in [0.5, 0.6) is 11.5 Å². The number of benzene rings is 3. The molecule has 0 amide bonds. The van der Waals surface area contributed by atoms with Gasteiger partial charge in [0.2, 0.25) is 0 Å². The molecule has 0 N–H and O–H groups in total. The minimum absolute atomic E-state index is 0.269. The summed E-state index contributed by atoms with van der Waals surface area (Å²) in [4.78, 5) is 0. The van der Waals surface area contributed by atoms with E-state index in [2.05, 4.69) is 13.8 Å². The molecule has 37 heavy (non-hydrogen) atoms. The van der Waals surface area contributed by atoms with Gasteiger partial charge in [-0.05, 0) is 110 Å². The van der Waals surface area contributed by atoms with Crippen molar-refractivity contribution >= 4 is 0 Å². The van der Waals surface area contributed by atoms with Crippen molar-refractivity contribution in [2.24, 2.45) is 0 Å². The Hall–Kier alpha value is -2.95. The average Bonchev–Trinajstić information content (AvgIpc) is 2.85. The summed E-state index contributed by atoms with van der Waals surface area (Å²) in [6, 6.07) is 11.3. The monoisotopic (exact) mass is 512 g/mol. The molecule has 0 heterocycles. The number of halogens is 3. The second-order valence-electron chi connectivity index (χ2n) is 9.81. The average molecular weight is 513 g/mol. The zero-order valence-corrected chi connectivity index (χ0v) is 22.9. The van der Waals surface area contributed by atoms with Crippen molar-refractivity contribution in [1.29, 1.82) is 0 Å². The maximum atomic E-state index is 15.3. The molecule has 0 aliphatic carbocycles. The minimum Gasteiger partial charge on any atom is -0.493 e. The Morgan fingerprint density at radius 1 is 0.703 bits per heavy atom. The predicted octanol–water partition coefficient (Wildman–Crippen LogP) is 9.77. The number of rotatable bonds is 12. The van der Waals surface area contributed by atoms with Crippen molar-refractivity contribution in [2.75, 3.05) is 6.61 Å². The first-order valence-electron chi connectivity index (χ1n) is 13.3. The lowest BCUT2D eigenvalue weighted by Crippen LogP contribution is -2.24. The van der Waals surface area contributed by atoms with Crippen LogP contribution >= 0.6 is 0 Å². The third-order valence-electron chi connectivity index (χ3n) is 7.19. The third-order valence-corrected chi connectivity index (χ3v) is 7.19. The van der Waals surface area contributed by atoms with E-state index in [1.54, 1.807) is 19.1 Å². The summed E-state index contributed by atoms with van der Waals surface area (Å²) in [5.74, 6) is -0.374. The molecular weight excluding hydrogens is 473 g/mol. The number of aryl methyl sites for hydroxylation is 1. The number of hydrogen-bond donors (Lipinski definition) is 0. The molecule has 0 atom stereocenters. The first-order chi connectivity index (χ1) is 17.6. The lowest BCUT2D eigenvalue weighted by atomic mass is 9.89. The molecule has 0 bridgehead atoms. The summed E-state index contributed by atoms with van der Waals surface area (Å²) >= 11 is 0. The zero-order valence-electron chi connectivity index (χ0n) is 22.9. The Morgan fingerprint density at radius 3 is 1.97 bits per heavy atom. The van der Waals surface area contributed by atoms with Crippen LogP contribution in [0.3, 0.4) is 0 Å². The molecule has 0 radical (unpaired) electrons. The molecule has 0 saturated carbocycles. The van der Waals surface area contributed by atoms with Gasteiger partial charge in [-0.15, -0.1) is 0 Å². The SMILES string of the molecule is CCCCCc1ccc(OC(F)(F)c2ccc(-c3ccc(OCCCC)c(C)c3C)c(C)c2C)c(F)c1. The van der Waals surface area contributed by atoms with Crippen LogP contribution in [0.4, 0.5) is 13.2 Å². The Morgan fingerprint density at radius 2 is 1.32 bits per heavy atom. The van der Waals surface area contributed by atoms with E-state index in [0.717, 1.165) is 71.2 Å². The summed E-state index contributed by atoms with van der Waals surface area (Å²) in [5.41, 5.74) is 5.60. The molecule has 3 rings (SSSR count). The van der Waals surface area contributed by atoms with E-state index < -0.39 is 17.7 Å². The second kappa shape index (κ2) is 12.5. The minimum atomic E-state index is -3.68. The van der Waals surface area contributed by atoms with E-state index in [1.807, 2.05) is 32.9 Å². The summed E-state index contributed by atoms with van der Waals surface area (Å²) in [5, 5.41) is 0. The molecule has 200 valence electrons. The first kappa shape index (κ1) is 28.6. The highest BCUT2D eigenvalue weighted by Crippen LogP contribution is 2.40. The van der Waals surface area contributed by atoms with Crippen molar-refractivity contribution in [1.82, 2.24) is 0 Å². The van der Waals surface area contributed by atoms with Gasteiger partial charge in [-0.3, -0.25) is 0 Å². The molecule has 0 aliphatic heterocycles. The Kier molecular flexibility index (Phi) is 9.69. The number of hydrogen-bond acceptors (Lipinski definition) is 2. The van der Waals surface area contributed by atoms with Crippen molar-refractivity contribution in [3.63, 3.8) is 0 Å². The van der Waals surface area contributed by atoms with E-state index in [1.165, 1.54) is 18.2 Å². The van der Waals surface area contributed by atoms with E-state index >= 15 is 8.78 Å². The third kappa shape index (κ3) is 6.68. The first-order valence-corrected chi connectivity index (χ1v) is 13.3. The molecule has 3 aromatic rings. The molecule has 0 fully saturated rings. The van der Waals surface area contributed by atoms with Gasteiger partial charge >= 0.3 is 6.11 Å². The highest BCUT2D eigenvalue weighted by Gasteiger charge is 2.37. The topological polar surface area (TPSA) is 18.5 Å². The van der Waals surface area contributed by atoms with E-state index in [9.17, 15) is 4.39 Å². The van der Waals surface area contributed by atoms with Gasteiger partial charge in [0.1, 0.15) is 5.75 Å². The summed E-state index contributed by atoms with van der Waals surface area (Å²) in [7, 11) is 0. The van der Waals surface area contributed by atoms with Gasteiger partial charge in [0.05, 0.1) is 12.2 Å². The molecule has 0 unspecified atom stereocenters. The standard InChI is InChI=1S/C32H39F3O2/c1-7-9-11-12-25-13-17-31(29(33)20-25)37-32(34,35)28-16-14-26(21(3)23(28)5)27-15-18-30(24(6)22(27)4)36-19-10-8-2/h13-18,20H,7-12,19H2,1-6H3. The van der Waals surface area contributed by atoms with Gasteiger partial charge in [0, 0.05) is 0 Å². The van der Waals surface area contributed by atoms with Gasteiger partial charge in [0.25, 0.3) is 0 Å². The van der Waals surface area contributed by atoms with Crippen LogP contribution in [0.15, 0.2) is 42.5 Å². The molecule has 2 nitrogen and oxygen atoms in total. The molecule has 0 aliphatic rings. The molecule has 0 aromatic heterocycles.